The van der Waals surface area contributed by atoms with Gasteiger partial charge in [0, 0.05) is 34.3 Å². The van der Waals surface area contributed by atoms with Gasteiger partial charge < -0.3 is 24.6 Å². The second kappa shape index (κ2) is 13.6. The van der Waals surface area contributed by atoms with Crippen molar-refractivity contribution in [3.05, 3.63) is 89.0 Å². The SMILES string of the molecule is COc1cc(NC(C(=O)C2CCc3ccc(OC(F)(F)F)cc3CC2)c2ccc(Cl)cc2OCCO)cc(-n2cncn2)c1. The van der Waals surface area contributed by atoms with E-state index in [0.29, 0.717) is 59.1 Å². The van der Waals surface area contributed by atoms with Crippen molar-refractivity contribution in [2.24, 2.45) is 5.92 Å². The van der Waals surface area contributed by atoms with E-state index in [2.05, 4.69) is 20.1 Å². The van der Waals surface area contributed by atoms with Gasteiger partial charge in [-0.2, -0.15) is 5.10 Å². The van der Waals surface area contributed by atoms with Gasteiger partial charge in [0.1, 0.15) is 42.6 Å². The second-order valence-corrected chi connectivity index (χ2v) is 10.7. The van der Waals surface area contributed by atoms with Gasteiger partial charge in [0.05, 0.1) is 19.4 Å². The number of rotatable bonds is 11. The molecule has 2 atom stereocenters. The summed E-state index contributed by atoms with van der Waals surface area (Å²) in [4.78, 5) is 18.4. The number of hydrogen-bond acceptors (Lipinski definition) is 8. The van der Waals surface area contributed by atoms with Crippen LogP contribution in [0.2, 0.25) is 5.02 Å². The van der Waals surface area contributed by atoms with Crippen LogP contribution in [-0.4, -0.2) is 52.3 Å². The van der Waals surface area contributed by atoms with Crippen LogP contribution < -0.4 is 19.5 Å². The Morgan fingerprint density at radius 3 is 2.59 bits per heavy atom. The fraction of sp³-hybridized carbons (Fsp3) is 0.323. The van der Waals surface area contributed by atoms with Crippen LogP contribution in [0.5, 0.6) is 17.2 Å². The molecule has 0 spiro atoms. The zero-order chi connectivity index (χ0) is 31.3. The zero-order valence-corrected chi connectivity index (χ0v) is 24.4. The van der Waals surface area contributed by atoms with Gasteiger partial charge in [-0.25, -0.2) is 9.67 Å². The minimum atomic E-state index is -4.79. The summed E-state index contributed by atoms with van der Waals surface area (Å²) in [5.41, 5.74) is 3.31. The Morgan fingerprint density at radius 1 is 1.09 bits per heavy atom. The Morgan fingerprint density at radius 2 is 1.89 bits per heavy atom. The Balaban J connectivity index is 1.48. The molecule has 5 rings (SSSR count). The number of Topliss-reactive ketones (excluding diaryl/α,β-unsaturated/α-hetero) is 1. The van der Waals surface area contributed by atoms with E-state index in [4.69, 9.17) is 21.1 Å². The average molecular weight is 631 g/mol. The van der Waals surface area contributed by atoms with E-state index in [1.807, 2.05) is 0 Å². The van der Waals surface area contributed by atoms with E-state index in [9.17, 15) is 23.1 Å². The van der Waals surface area contributed by atoms with Crippen LogP contribution in [0.15, 0.2) is 67.3 Å². The molecule has 13 heteroatoms. The van der Waals surface area contributed by atoms with Gasteiger partial charge in [-0.05, 0) is 67.1 Å². The van der Waals surface area contributed by atoms with E-state index in [1.165, 1.54) is 31.9 Å². The van der Waals surface area contributed by atoms with Crippen molar-refractivity contribution in [1.29, 1.82) is 0 Å². The third kappa shape index (κ3) is 7.61. The van der Waals surface area contributed by atoms with E-state index < -0.39 is 18.3 Å². The number of anilines is 1. The highest BCUT2D eigenvalue weighted by Crippen LogP contribution is 2.38. The Labute approximate surface area is 256 Å². The highest BCUT2D eigenvalue weighted by atomic mass is 35.5. The number of aryl methyl sites for hydroxylation is 2. The normalized spacial score (nSPS) is 15.5. The molecule has 9 nitrogen and oxygen atoms in total. The lowest BCUT2D eigenvalue weighted by Gasteiger charge is -2.26. The number of ether oxygens (including phenoxy) is 3. The van der Waals surface area contributed by atoms with Crippen LogP contribution in [-0.2, 0) is 17.6 Å². The quantitative estimate of drug-likeness (QED) is 0.191. The van der Waals surface area contributed by atoms with E-state index >= 15 is 0 Å². The van der Waals surface area contributed by atoms with Crippen molar-refractivity contribution in [2.75, 3.05) is 25.6 Å². The Bertz CT molecular complexity index is 1600. The van der Waals surface area contributed by atoms with Gasteiger partial charge in [0.2, 0.25) is 0 Å². The lowest BCUT2D eigenvalue weighted by molar-refractivity contribution is -0.274. The zero-order valence-electron chi connectivity index (χ0n) is 23.7. The molecule has 0 saturated carbocycles. The number of nitrogens with one attached hydrogen (secondary N) is 1. The minimum Gasteiger partial charge on any atom is -0.497 e. The predicted octanol–water partition coefficient (Wildman–Crippen LogP) is 6.12. The first-order valence-electron chi connectivity index (χ1n) is 13.9. The van der Waals surface area contributed by atoms with Crippen molar-refractivity contribution in [3.63, 3.8) is 0 Å². The minimum absolute atomic E-state index is 0.00900. The average Bonchev–Trinajstić information content (AvgIpc) is 3.46. The molecule has 1 aromatic heterocycles. The fourth-order valence-corrected chi connectivity index (χ4v) is 5.52. The smallest absolute Gasteiger partial charge is 0.497 e. The fourth-order valence-electron chi connectivity index (χ4n) is 5.35. The summed E-state index contributed by atoms with van der Waals surface area (Å²) in [7, 11) is 1.53. The summed E-state index contributed by atoms with van der Waals surface area (Å²) in [5.74, 6) is -0.00265. The van der Waals surface area contributed by atoms with Crippen LogP contribution in [0, 0.1) is 5.92 Å². The molecule has 232 valence electrons. The van der Waals surface area contributed by atoms with Gasteiger partial charge in [-0.1, -0.05) is 23.7 Å². The molecule has 4 aromatic rings. The monoisotopic (exact) mass is 630 g/mol. The molecule has 1 aliphatic rings. The van der Waals surface area contributed by atoms with Crippen LogP contribution in [0.25, 0.3) is 5.69 Å². The van der Waals surface area contributed by atoms with E-state index in [1.54, 1.807) is 47.1 Å². The molecule has 0 saturated heterocycles. The van der Waals surface area contributed by atoms with Gasteiger partial charge in [0.25, 0.3) is 0 Å². The number of ketones is 1. The first-order chi connectivity index (χ1) is 21.1. The first-order valence-corrected chi connectivity index (χ1v) is 14.3. The maximum Gasteiger partial charge on any atom is 0.573 e. The summed E-state index contributed by atoms with van der Waals surface area (Å²) in [5, 5.41) is 17.4. The second-order valence-electron chi connectivity index (χ2n) is 10.2. The van der Waals surface area contributed by atoms with Gasteiger partial charge in [-0.3, -0.25) is 4.79 Å². The molecule has 0 aliphatic heterocycles. The predicted molar refractivity (Wildman–Crippen MR) is 157 cm³/mol. The number of aliphatic hydroxyl groups excluding tert-OH is 1. The number of nitrogens with zero attached hydrogens (tertiary/aromatic N) is 3. The van der Waals surface area contributed by atoms with Crippen molar-refractivity contribution in [1.82, 2.24) is 14.8 Å². The molecule has 0 radical (unpaired) electrons. The number of hydrogen-bond donors (Lipinski definition) is 2. The molecule has 0 bridgehead atoms. The maximum absolute atomic E-state index is 14.4. The number of carbonyl (C=O) groups excluding carboxylic acids is 1. The van der Waals surface area contributed by atoms with Crippen LogP contribution in [0.4, 0.5) is 18.9 Å². The van der Waals surface area contributed by atoms with Gasteiger partial charge in [-0.15, -0.1) is 13.2 Å². The number of halogens is 4. The van der Waals surface area contributed by atoms with Gasteiger partial charge in [0.15, 0.2) is 5.78 Å². The number of benzene rings is 3. The number of methoxy groups -OCH3 is 1. The topological polar surface area (TPSA) is 108 Å². The van der Waals surface area contributed by atoms with Crippen molar-refractivity contribution < 1.29 is 37.3 Å². The molecular weight excluding hydrogens is 601 g/mol. The number of aliphatic hydroxyl groups is 1. The molecule has 2 N–H and O–H groups in total. The van der Waals surface area contributed by atoms with Crippen LogP contribution in [0.1, 0.15) is 35.6 Å². The molecule has 2 unspecified atom stereocenters. The van der Waals surface area contributed by atoms with Crippen LogP contribution in [0.3, 0.4) is 0 Å². The summed E-state index contributed by atoms with van der Waals surface area (Å²) in [6.07, 6.45) is -0.0329. The third-order valence-electron chi connectivity index (χ3n) is 7.38. The molecular formula is C31H30ClF3N4O5. The summed E-state index contributed by atoms with van der Waals surface area (Å²) < 4.78 is 55.4. The lowest BCUT2D eigenvalue weighted by atomic mass is 9.87. The molecule has 1 aliphatic carbocycles. The largest absolute Gasteiger partial charge is 0.573 e. The van der Waals surface area contributed by atoms with Crippen LogP contribution >= 0.6 is 11.6 Å². The number of fused-ring (bicyclic) bond motifs is 1. The molecule has 3 aromatic carbocycles. The Hall–Kier alpha value is -4.29. The lowest BCUT2D eigenvalue weighted by Crippen LogP contribution is -2.29. The summed E-state index contributed by atoms with van der Waals surface area (Å²) >= 11 is 6.27. The third-order valence-corrected chi connectivity index (χ3v) is 7.61. The maximum atomic E-state index is 14.4. The molecule has 44 heavy (non-hydrogen) atoms. The van der Waals surface area contributed by atoms with Crippen molar-refractivity contribution >= 4 is 23.1 Å². The standard InChI is InChI=1S/C31H30ClF3N4O5/c1-42-26-15-23(14-24(16-26)39-18-36-17-37-39)38-29(27-9-7-22(32)13-28(27)43-11-10-40)30(41)20-3-2-19-6-8-25(44-31(33,34)35)12-21(19)5-4-20/h6-9,12-18,20,29,38,40H,2-5,10-11H2,1H3. The van der Waals surface area contributed by atoms with Crippen molar-refractivity contribution in [2.45, 2.75) is 38.1 Å². The highest BCUT2D eigenvalue weighted by molar-refractivity contribution is 6.30. The number of aromatic nitrogens is 3. The number of carbonyl (C=O) groups is 1. The number of alkyl halides is 3. The summed E-state index contributed by atoms with van der Waals surface area (Å²) in [6.45, 7) is -0.249. The molecule has 0 fully saturated rings. The first kappa shape index (κ1) is 31.1. The molecule has 1 heterocycles. The van der Waals surface area contributed by atoms with Gasteiger partial charge >= 0.3 is 6.36 Å². The molecule has 0 amide bonds. The van der Waals surface area contributed by atoms with Crippen molar-refractivity contribution in [3.8, 4) is 22.9 Å². The highest BCUT2D eigenvalue weighted by Gasteiger charge is 2.34. The Kier molecular flexibility index (Phi) is 9.60. The summed E-state index contributed by atoms with van der Waals surface area (Å²) in [6, 6.07) is 13.7. The van der Waals surface area contributed by atoms with E-state index in [0.717, 1.165) is 11.1 Å². The van der Waals surface area contributed by atoms with E-state index in [-0.39, 0.29) is 24.7 Å².